The molecule has 0 saturated heterocycles. The van der Waals surface area contributed by atoms with Crippen molar-refractivity contribution in [1.82, 2.24) is 14.5 Å². The van der Waals surface area contributed by atoms with Gasteiger partial charge in [-0.25, -0.2) is 9.78 Å². The van der Waals surface area contributed by atoms with E-state index in [0.29, 0.717) is 22.4 Å². The van der Waals surface area contributed by atoms with Gasteiger partial charge in [-0.3, -0.25) is 9.36 Å². The zero-order valence-electron chi connectivity index (χ0n) is 20.0. The van der Waals surface area contributed by atoms with E-state index in [1.165, 1.54) is 21.6 Å². The minimum Gasteiger partial charge on any atom is -0.315 e. The van der Waals surface area contributed by atoms with Crippen molar-refractivity contribution in [2.24, 2.45) is 0 Å². The summed E-state index contributed by atoms with van der Waals surface area (Å²) in [6, 6.07) is 17.5. The number of fused-ring (bicyclic) bond motifs is 1. The van der Waals surface area contributed by atoms with Crippen molar-refractivity contribution in [3.05, 3.63) is 100 Å². The SMILES string of the molecule is CCN(C(=O)Nc1cccc(C(F)(F)F)c1)C(C)c1nc2ccccc2c(=O)n1-c1ccc(C)cc1. The third-order valence-electron chi connectivity index (χ3n) is 5.98. The van der Waals surface area contributed by atoms with Crippen LogP contribution < -0.4 is 10.9 Å². The normalized spacial score (nSPS) is 12.4. The average molecular weight is 495 g/mol. The number of hydrogen-bond acceptors (Lipinski definition) is 3. The smallest absolute Gasteiger partial charge is 0.315 e. The lowest BCUT2D eigenvalue weighted by Crippen LogP contribution is -2.39. The third kappa shape index (κ3) is 4.95. The van der Waals surface area contributed by atoms with Gasteiger partial charge in [0.25, 0.3) is 5.56 Å². The van der Waals surface area contributed by atoms with Gasteiger partial charge in [-0.05, 0) is 63.2 Å². The molecule has 186 valence electrons. The first-order chi connectivity index (χ1) is 17.1. The van der Waals surface area contributed by atoms with E-state index < -0.39 is 23.8 Å². The number of rotatable bonds is 5. The van der Waals surface area contributed by atoms with Crippen LogP contribution in [0.25, 0.3) is 16.6 Å². The maximum Gasteiger partial charge on any atom is 0.416 e. The van der Waals surface area contributed by atoms with Gasteiger partial charge in [0.15, 0.2) is 0 Å². The molecular weight excluding hydrogens is 469 g/mol. The van der Waals surface area contributed by atoms with Crippen molar-refractivity contribution in [2.45, 2.75) is 33.0 Å². The number of anilines is 1. The molecule has 4 aromatic rings. The lowest BCUT2D eigenvalue weighted by molar-refractivity contribution is -0.137. The predicted molar refractivity (Wildman–Crippen MR) is 133 cm³/mol. The van der Waals surface area contributed by atoms with Crippen LogP contribution in [0.5, 0.6) is 0 Å². The van der Waals surface area contributed by atoms with E-state index in [1.807, 2.05) is 31.2 Å². The summed E-state index contributed by atoms with van der Waals surface area (Å²) in [5.41, 5.74) is 0.984. The monoisotopic (exact) mass is 494 g/mol. The maximum atomic E-state index is 13.5. The molecule has 0 aliphatic heterocycles. The summed E-state index contributed by atoms with van der Waals surface area (Å²) in [6.07, 6.45) is -4.53. The van der Waals surface area contributed by atoms with Crippen LogP contribution in [0.2, 0.25) is 0 Å². The highest BCUT2D eigenvalue weighted by Crippen LogP contribution is 2.31. The summed E-state index contributed by atoms with van der Waals surface area (Å²) in [6.45, 7) is 5.64. The number of para-hydroxylation sites is 1. The summed E-state index contributed by atoms with van der Waals surface area (Å²) in [7, 11) is 0. The Balaban J connectivity index is 1.76. The molecule has 0 spiro atoms. The second-order valence-electron chi connectivity index (χ2n) is 8.43. The quantitative estimate of drug-likeness (QED) is 0.353. The molecule has 0 saturated carbocycles. The van der Waals surface area contributed by atoms with Gasteiger partial charge >= 0.3 is 12.2 Å². The van der Waals surface area contributed by atoms with Crippen molar-refractivity contribution in [3.63, 3.8) is 0 Å². The molecule has 1 unspecified atom stereocenters. The number of aromatic nitrogens is 2. The van der Waals surface area contributed by atoms with Crippen LogP contribution in [0, 0.1) is 6.92 Å². The largest absolute Gasteiger partial charge is 0.416 e. The summed E-state index contributed by atoms with van der Waals surface area (Å²) in [5, 5.41) is 2.98. The number of nitrogens with one attached hydrogen (secondary N) is 1. The topological polar surface area (TPSA) is 67.2 Å². The fourth-order valence-corrected chi connectivity index (χ4v) is 4.07. The number of alkyl halides is 3. The molecule has 1 atom stereocenters. The molecule has 0 radical (unpaired) electrons. The predicted octanol–water partition coefficient (Wildman–Crippen LogP) is 6.33. The molecule has 0 fully saturated rings. The number of urea groups is 1. The molecule has 0 aliphatic rings. The Bertz CT molecular complexity index is 1460. The van der Waals surface area contributed by atoms with Crippen LogP contribution in [0.3, 0.4) is 0 Å². The van der Waals surface area contributed by atoms with Crippen molar-refractivity contribution in [3.8, 4) is 5.69 Å². The van der Waals surface area contributed by atoms with Crippen molar-refractivity contribution in [1.29, 1.82) is 0 Å². The van der Waals surface area contributed by atoms with Gasteiger partial charge in [-0.15, -0.1) is 0 Å². The van der Waals surface area contributed by atoms with Gasteiger partial charge in [-0.2, -0.15) is 13.2 Å². The molecule has 1 N–H and O–H groups in total. The van der Waals surface area contributed by atoms with Gasteiger partial charge in [0, 0.05) is 12.2 Å². The lowest BCUT2D eigenvalue weighted by atomic mass is 10.1. The molecule has 1 heterocycles. The maximum absolute atomic E-state index is 13.5. The molecule has 3 aromatic carbocycles. The minimum absolute atomic E-state index is 0.0165. The standard InChI is InChI=1S/C27H25F3N4O2/c1-4-33(26(36)31-20-9-7-8-19(16-20)27(28,29)30)18(3)24-32-23-11-6-5-10-22(23)25(35)34(24)21-14-12-17(2)13-15-21/h5-16,18H,4H2,1-3H3,(H,31,36). The van der Waals surface area contributed by atoms with Crippen LogP contribution in [0.4, 0.5) is 23.7 Å². The zero-order valence-corrected chi connectivity index (χ0v) is 20.0. The summed E-state index contributed by atoms with van der Waals surface area (Å²) in [5.74, 6) is 0.337. The van der Waals surface area contributed by atoms with Crippen molar-refractivity contribution in [2.75, 3.05) is 11.9 Å². The molecule has 4 rings (SSSR count). The highest BCUT2D eigenvalue weighted by Gasteiger charge is 2.31. The van der Waals surface area contributed by atoms with Gasteiger partial charge in [0.2, 0.25) is 0 Å². The number of nitrogens with zero attached hydrogens (tertiary/aromatic N) is 3. The zero-order chi connectivity index (χ0) is 26.0. The van der Waals surface area contributed by atoms with E-state index in [-0.39, 0.29) is 17.8 Å². The van der Waals surface area contributed by atoms with E-state index in [1.54, 1.807) is 38.1 Å². The Morgan fingerprint density at radius 1 is 1.06 bits per heavy atom. The first-order valence-electron chi connectivity index (χ1n) is 11.4. The number of halogens is 3. The number of hydrogen-bond donors (Lipinski definition) is 1. The molecule has 36 heavy (non-hydrogen) atoms. The van der Waals surface area contributed by atoms with Gasteiger partial charge in [0.1, 0.15) is 5.82 Å². The van der Waals surface area contributed by atoms with Gasteiger partial charge < -0.3 is 10.2 Å². The Kier molecular flexibility index (Phi) is 6.83. The van der Waals surface area contributed by atoms with Crippen molar-refractivity contribution >= 4 is 22.6 Å². The molecule has 9 heteroatoms. The first-order valence-corrected chi connectivity index (χ1v) is 11.4. The van der Waals surface area contributed by atoms with E-state index >= 15 is 0 Å². The van der Waals surface area contributed by atoms with Crippen LogP contribution in [-0.2, 0) is 6.18 Å². The van der Waals surface area contributed by atoms with E-state index in [9.17, 15) is 22.8 Å². The molecular formula is C27H25F3N4O2. The highest BCUT2D eigenvalue weighted by molar-refractivity contribution is 5.89. The second-order valence-corrected chi connectivity index (χ2v) is 8.43. The Morgan fingerprint density at radius 2 is 1.75 bits per heavy atom. The molecule has 2 amide bonds. The Morgan fingerprint density at radius 3 is 2.42 bits per heavy atom. The van der Waals surface area contributed by atoms with Crippen LogP contribution in [0.1, 0.15) is 36.8 Å². The van der Waals surface area contributed by atoms with E-state index in [0.717, 1.165) is 17.7 Å². The number of carbonyl (C=O) groups is 1. The summed E-state index contributed by atoms with van der Waals surface area (Å²) < 4.78 is 40.8. The van der Waals surface area contributed by atoms with Crippen LogP contribution in [-0.4, -0.2) is 27.0 Å². The third-order valence-corrected chi connectivity index (χ3v) is 5.98. The summed E-state index contributed by atoms with van der Waals surface area (Å²) in [4.78, 5) is 32.9. The molecule has 1 aromatic heterocycles. The average Bonchev–Trinajstić information content (AvgIpc) is 2.85. The highest BCUT2D eigenvalue weighted by atomic mass is 19.4. The molecule has 0 aliphatic carbocycles. The molecule has 0 bridgehead atoms. The van der Waals surface area contributed by atoms with Gasteiger partial charge in [-0.1, -0.05) is 35.9 Å². The van der Waals surface area contributed by atoms with Crippen LogP contribution in [0.15, 0.2) is 77.6 Å². The second kappa shape index (κ2) is 9.85. The Labute approximate surface area is 206 Å². The van der Waals surface area contributed by atoms with Crippen molar-refractivity contribution < 1.29 is 18.0 Å². The summed E-state index contributed by atoms with van der Waals surface area (Å²) >= 11 is 0. The Hall–Kier alpha value is -4.14. The number of benzene rings is 3. The fraction of sp³-hybridized carbons (Fsp3) is 0.222. The number of carbonyl (C=O) groups excluding carboxylic acids is 1. The lowest BCUT2D eigenvalue weighted by Gasteiger charge is -2.29. The first kappa shape index (κ1) is 25.0. The fourth-order valence-electron chi connectivity index (χ4n) is 4.07. The number of aryl methyl sites for hydroxylation is 1. The van der Waals surface area contributed by atoms with Gasteiger partial charge in [0.05, 0.1) is 28.2 Å². The van der Waals surface area contributed by atoms with E-state index in [4.69, 9.17) is 4.98 Å². The number of amides is 2. The van der Waals surface area contributed by atoms with E-state index in [2.05, 4.69) is 5.32 Å². The van der Waals surface area contributed by atoms with Crippen LogP contribution >= 0.6 is 0 Å². The molecule has 6 nitrogen and oxygen atoms in total. The minimum atomic E-state index is -4.53.